The van der Waals surface area contributed by atoms with E-state index in [4.69, 9.17) is 17.3 Å². The van der Waals surface area contributed by atoms with Crippen molar-refractivity contribution in [2.24, 2.45) is 5.73 Å². The van der Waals surface area contributed by atoms with Gasteiger partial charge in [0.1, 0.15) is 0 Å². The van der Waals surface area contributed by atoms with Crippen molar-refractivity contribution in [3.63, 3.8) is 0 Å². The van der Waals surface area contributed by atoms with Crippen molar-refractivity contribution in [3.05, 3.63) is 33.3 Å². The molecule has 0 aliphatic heterocycles. The van der Waals surface area contributed by atoms with Crippen LogP contribution in [0.1, 0.15) is 17.3 Å². The Labute approximate surface area is 90.2 Å². The third-order valence-corrected chi connectivity index (χ3v) is 3.03. The summed E-state index contributed by atoms with van der Waals surface area (Å²) in [7, 11) is 0. The average molecular weight is 263 g/mol. The number of hydrogen-bond donors (Lipinski definition) is 1. The van der Waals surface area contributed by atoms with Crippen LogP contribution < -0.4 is 5.73 Å². The Morgan fingerprint density at radius 3 is 2.77 bits per heavy atom. The quantitative estimate of drug-likeness (QED) is 0.833. The molecule has 0 radical (unpaired) electrons. The topological polar surface area (TPSA) is 43.1 Å². The fourth-order valence-electron chi connectivity index (χ4n) is 0.939. The van der Waals surface area contributed by atoms with Crippen molar-refractivity contribution in [2.75, 3.05) is 0 Å². The largest absolute Gasteiger partial charge is 0.321 e. The van der Waals surface area contributed by atoms with Gasteiger partial charge in [-0.3, -0.25) is 4.79 Å². The van der Waals surface area contributed by atoms with Crippen LogP contribution in [0.3, 0.4) is 0 Å². The number of carbonyl (C=O) groups is 1. The van der Waals surface area contributed by atoms with E-state index >= 15 is 0 Å². The molecule has 1 rings (SSSR count). The molecule has 0 fully saturated rings. The van der Waals surface area contributed by atoms with Gasteiger partial charge >= 0.3 is 0 Å². The number of carbonyl (C=O) groups excluding carboxylic acids is 1. The zero-order valence-electron chi connectivity index (χ0n) is 7.05. The van der Waals surface area contributed by atoms with Gasteiger partial charge in [-0.25, -0.2) is 0 Å². The molecule has 0 heterocycles. The average Bonchev–Trinajstić information content (AvgIpc) is 2.08. The standard InChI is InChI=1S/C9H9BrClNO/c1-5(12)9(13)6-3-2-4-7(11)8(6)10/h2-5H,12H2,1H3. The van der Waals surface area contributed by atoms with Crippen LogP contribution in [-0.2, 0) is 0 Å². The first-order chi connectivity index (χ1) is 6.04. The molecule has 1 atom stereocenters. The number of Topliss-reactive ketones (excluding diaryl/α,β-unsaturated/α-hetero) is 1. The summed E-state index contributed by atoms with van der Waals surface area (Å²) in [5, 5.41) is 0.520. The second-order valence-corrected chi connectivity index (χ2v) is 3.95. The van der Waals surface area contributed by atoms with Crippen molar-refractivity contribution in [2.45, 2.75) is 13.0 Å². The fourth-order valence-corrected chi connectivity index (χ4v) is 1.57. The van der Waals surface area contributed by atoms with Gasteiger partial charge in [-0.15, -0.1) is 0 Å². The second kappa shape index (κ2) is 4.22. The summed E-state index contributed by atoms with van der Waals surface area (Å²) in [4.78, 5) is 11.5. The highest BCUT2D eigenvalue weighted by atomic mass is 79.9. The van der Waals surface area contributed by atoms with Crippen LogP contribution in [0.5, 0.6) is 0 Å². The first-order valence-electron chi connectivity index (χ1n) is 3.78. The molecule has 70 valence electrons. The molecule has 1 aromatic carbocycles. The number of nitrogens with two attached hydrogens (primary N) is 1. The Balaban J connectivity index is 3.15. The molecule has 0 aromatic heterocycles. The number of halogens is 2. The Morgan fingerprint density at radius 2 is 2.23 bits per heavy atom. The number of benzene rings is 1. The molecule has 2 N–H and O–H groups in total. The molecule has 0 aliphatic rings. The highest BCUT2D eigenvalue weighted by Gasteiger charge is 2.15. The molecule has 1 aromatic rings. The second-order valence-electron chi connectivity index (χ2n) is 2.75. The van der Waals surface area contributed by atoms with Crippen molar-refractivity contribution in [1.29, 1.82) is 0 Å². The Hall–Kier alpha value is -0.380. The third kappa shape index (κ3) is 2.30. The normalized spacial score (nSPS) is 12.6. The SMILES string of the molecule is CC(N)C(=O)c1cccc(Cl)c1Br. The summed E-state index contributed by atoms with van der Waals surface area (Å²) in [6.07, 6.45) is 0. The maximum atomic E-state index is 11.5. The molecule has 0 amide bonds. The molecule has 0 bridgehead atoms. The van der Waals surface area contributed by atoms with Crippen molar-refractivity contribution in [1.82, 2.24) is 0 Å². The maximum Gasteiger partial charge on any atom is 0.180 e. The van der Waals surface area contributed by atoms with Gasteiger partial charge in [-0.2, -0.15) is 0 Å². The maximum absolute atomic E-state index is 11.5. The number of ketones is 1. The van der Waals surface area contributed by atoms with Gasteiger partial charge in [-0.05, 0) is 28.9 Å². The zero-order valence-corrected chi connectivity index (χ0v) is 9.39. The van der Waals surface area contributed by atoms with Crippen LogP contribution in [0, 0.1) is 0 Å². The number of rotatable bonds is 2. The van der Waals surface area contributed by atoms with Gasteiger partial charge in [0, 0.05) is 10.0 Å². The van der Waals surface area contributed by atoms with E-state index in [1.165, 1.54) is 0 Å². The van der Waals surface area contributed by atoms with E-state index in [0.29, 0.717) is 15.1 Å². The van der Waals surface area contributed by atoms with Crippen molar-refractivity contribution in [3.8, 4) is 0 Å². The summed E-state index contributed by atoms with van der Waals surface area (Å²) < 4.78 is 0.610. The molecule has 4 heteroatoms. The third-order valence-electron chi connectivity index (χ3n) is 1.63. The predicted molar refractivity (Wildman–Crippen MR) is 57.1 cm³/mol. The van der Waals surface area contributed by atoms with Crippen LogP contribution in [-0.4, -0.2) is 11.8 Å². The van der Waals surface area contributed by atoms with Crippen LogP contribution in [0.2, 0.25) is 5.02 Å². The lowest BCUT2D eigenvalue weighted by Crippen LogP contribution is -2.26. The molecule has 0 saturated carbocycles. The molecule has 1 unspecified atom stereocenters. The molecule has 0 aliphatic carbocycles. The van der Waals surface area contributed by atoms with E-state index in [2.05, 4.69) is 15.9 Å². The summed E-state index contributed by atoms with van der Waals surface area (Å²) >= 11 is 9.06. The minimum absolute atomic E-state index is 0.116. The molecule has 0 spiro atoms. The van der Waals surface area contributed by atoms with Crippen molar-refractivity contribution >= 4 is 33.3 Å². The number of hydrogen-bond acceptors (Lipinski definition) is 2. The van der Waals surface area contributed by atoms with Gasteiger partial charge in [0.2, 0.25) is 0 Å². The van der Waals surface area contributed by atoms with E-state index in [1.54, 1.807) is 25.1 Å². The zero-order chi connectivity index (χ0) is 10.0. The summed E-state index contributed by atoms with van der Waals surface area (Å²) in [5.74, 6) is -0.116. The van der Waals surface area contributed by atoms with E-state index in [9.17, 15) is 4.79 Å². The Kier molecular flexibility index (Phi) is 3.47. The highest BCUT2D eigenvalue weighted by molar-refractivity contribution is 9.10. The van der Waals surface area contributed by atoms with Crippen LogP contribution in [0.15, 0.2) is 22.7 Å². The lowest BCUT2D eigenvalue weighted by Gasteiger charge is -2.07. The van der Waals surface area contributed by atoms with Gasteiger partial charge in [-0.1, -0.05) is 23.7 Å². The van der Waals surface area contributed by atoms with E-state index < -0.39 is 6.04 Å². The minimum Gasteiger partial charge on any atom is -0.321 e. The van der Waals surface area contributed by atoms with Gasteiger partial charge in [0.05, 0.1) is 11.1 Å². The summed E-state index contributed by atoms with van der Waals surface area (Å²) in [5.41, 5.74) is 6.00. The van der Waals surface area contributed by atoms with E-state index in [-0.39, 0.29) is 5.78 Å². The first kappa shape index (κ1) is 10.7. The first-order valence-corrected chi connectivity index (χ1v) is 4.95. The lowest BCUT2D eigenvalue weighted by molar-refractivity contribution is 0.0967. The molecule has 13 heavy (non-hydrogen) atoms. The lowest BCUT2D eigenvalue weighted by atomic mass is 10.1. The van der Waals surface area contributed by atoms with Gasteiger partial charge in [0.15, 0.2) is 5.78 Å². The van der Waals surface area contributed by atoms with Crippen LogP contribution in [0.25, 0.3) is 0 Å². The van der Waals surface area contributed by atoms with Crippen LogP contribution in [0.4, 0.5) is 0 Å². The van der Waals surface area contributed by atoms with Crippen LogP contribution >= 0.6 is 27.5 Å². The predicted octanol–water partition coefficient (Wildman–Crippen LogP) is 2.63. The minimum atomic E-state index is -0.505. The Morgan fingerprint density at radius 1 is 1.62 bits per heavy atom. The molecule has 2 nitrogen and oxygen atoms in total. The summed E-state index contributed by atoms with van der Waals surface area (Å²) in [6, 6.07) is 4.63. The molecule has 0 saturated heterocycles. The fraction of sp³-hybridized carbons (Fsp3) is 0.222. The smallest absolute Gasteiger partial charge is 0.180 e. The highest BCUT2D eigenvalue weighted by Crippen LogP contribution is 2.26. The van der Waals surface area contributed by atoms with Crippen molar-refractivity contribution < 1.29 is 4.79 Å². The van der Waals surface area contributed by atoms with E-state index in [0.717, 1.165) is 0 Å². The monoisotopic (exact) mass is 261 g/mol. The molecular formula is C9H9BrClNO. The van der Waals surface area contributed by atoms with Gasteiger partial charge in [0.25, 0.3) is 0 Å². The van der Waals surface area contributed by atoms with E-state index in [1.807, 2.05) is 0 Å². The summed E-state index contributed by atoms with van der Waals surface area (Å²) in [6.45, 7) is 1.65. The van der Waals surface area contributed by atoms with Gasteiger partial charge < -0.3 is 5.73 Å². The molecular weight excluding hydrogens is 253 g/mol. The Bertz CT molecular complexity index is 338.